The Morgan fingerprint density at radius 3 is 2.32 bits per heavy atom. The van der Waals surface area contributed by atoms with Gasteiger partial charge in [-0.05, 0) is 31.2 Å². The molecule has 25 heavy (non-hydrogen) atoms. The van der Waals surface area contributed by atoms with Crippen LogP contribution < -0.4 is 10.7 Å². The van der Waals surface area contributed by atoms with E-state index >= 15 is 0 Å². The molecule has 128 valence electrons. The van der Waals surface area contributed by atoms with Gasteiger partial charge in [-0.15, -0.1) is 0 Å². The summed E-state index contributed by atoms with van der Waals surface area (Å²) in [5, 5.41) is 1.81. The quantitative estimate of drug-likeness (QED) is 0.554. The van der Waals surface area contributed by atoms with Crippen molar-refractivity contribution in [3.05, 3.63) is 69.4 Å². The van der Waals surface area contributed by atoms with Gasteiger partial charge in [-0.3, -0.25) is 9.59 Å². The number of anilines is 2. The number of aromatic nitrogens is 1. The van der Waals surface area contributed by atoms with Gasteiger partial charge in [-0.1, -0.05) is 0 Å². The Bertz CT molecular complexity index is 1080. The number of hydrogen-bond acceptors (Lipinski definition) is 3. The lowest BCUT2D eigenvalue weighted by Gasteiger charge is -2.13. The van der Waals surface area contributed by atoms with Gasteiger partial charge in [0, 0.05) is 6.07 Å². The first-order valence-electron chi connectivity index (χ1n) is 7.06. The highest BCUT2D eigenvalue weighted by Gasteiger charge is 2.21. The Labute approximate surface area is 138 Å². The number of hydrogen-bond donors (Lipinski definition) is 2. The highest BCUT2D eigenvalue weighted by Crippen LogP contribution is 2.25. The van der Waals surface area contributed by atoms with Crippen molar-refractivity contribution >= 4 is 28.2 Å². The fourth-order valence-electron chi connectivity index (χ4n) is 2.48. The van der Waals surface area contributed by atoms with E-state index in [0.717, 1.165) is 31.2 Å². The fourth-order valence-corrected chi connectivity index (χ4v) is 2.48. The van der Waals surface area contributed by atoms with Gasteiger partial charge in [0.25, 0.3) is 0 Å². The van der Waals surface area contributed by atoms with E-state index in [1.165, 1.54) is 0 Å². The van der Waals surface area contributed by atoms with Crippen LogP contribution in [-0.2, 0) is 0 Å². The maximum Gasteiger partial charge on any atom is 0.205 e. The predicted molar refractivity (Wildman–Crippen MR) is 84.1 cm³/mol. The molecular weight excluding hydrogens is 340 g/mol. The second-order valence-electron chi connectivity index (χ2n) is 5.29. The van der Waals surface area contributed by atoms with Crippen LogP contribution in [0.5, 0.6) is 0 Å². The minimum atomic E-state index is -1.04. The van der Waals surface area contributed by atoms with E-state index in [9.17, 15) is 27.2 Å². The van der Waals surface area contributed by atoms with E-state index in [1.54, 1.807) is 0 Å². The number of fused-ring (bicyclic) bond motifs is 1. The fraction of sp³-hybridized carbons (Fsp3) is 0.0588. The van der Waals surface area contributed by atoms with Crippen molar-refractivity contribution in [2.24, 2.45) is 0 Å². The van der Waals surface area contributed by atoms with Crippen molar-refractivity contribution in [2.45, 2.75) is 6.92 Å². The molecule has 0 aliphatic rings. The number of nitrogens with one attached hydrogen (secondary N) is 2. The maximum absolute atomic E-state index is 14.0. The number of benzene rings is 2. The summed E-state index contributed by atoms with van der Waals surface area (Å²) in [6.07, 6.45) is 0. The molecule has 0 saturated heterocycles. The van der Waals surface area contributed by atoms with Crippen molar-refractivity contribution in [1.29, 1.82) is 0 Å². The van der Waals surface area contributed by atoms with Crippen molar-refractivity contribution in [3.63, 3.8) is 0 Å². The van der Waals surface area contributed by atoms with Crippen LogP contribution in [0, 0.1) is 23.3 Å². The summed E-state index contributed by atoms with van der Waals surface area (Å²) in [4.78, 5) is 26.7. The van der Waals surface area contributed by atoms with Gasteiger partial charge in [-0.2, -0.15) is 0 Å². The number of carbonyl (C=O) groups is 1. The SMILES string of the molecule is CC(=O)c1c(Nc2ccc(F)cc2F)[nH]c2c(F)ccc(F)c2c1=O. The molecule has 0 fully saturated rings. The van der Waals surface area contributed by atoms with Crippen LogP contribution in [0.4, 0.5) is 29.1 Å². The van der Waals surface area contributed by atoms with Crippen LogP contribution in [0.1, 0.15) is 17.3 Å². The van der Waals surface area contributed by atoms with Crippen LogP contribution in [-0.4, -0.2) is 10.8 Å². The Kier molecular flexibility index (Phi) is 4.03. The first-order valence-corrected chi connectivity index (χ1v) is 7.06. The molecule has 1 heterocycles. The summed E-state index contributed by atoms with van der Waals surface area (Å²) < 4.78 is 54.7. The van der Waals surface area contributed by atoms with Crippen molar-refractivity contribution in [2.75, 3.05) is 5.32 Å². The molecule has 2 aromatic carbocycles. The molecule has 1 aromatic heterocycles. The highest BCUT2D eigenvalue weighted by molar-refractivity contribution is 6.02. The number of aromatic amines is 1. The van der Waals surface area contributed by atoms with E-state index < -0.39 is 50.9 Å². The summed E-state index contributed by atoms with van der Waals surface area (Å²) in [7, 11) is 0. The number of pyridine rings is 1. The molecule has 0 radical (unpaired) electrons. The van der Waals surface area contributed by atoms with Crippen molar-refractivity contribution in [3.8, 4) is 0 Å². The molecule has 0 atom stereocenters. The summed E-state index contributed by atoms with van der Waals surface area (Å²) in [6.45, 7) is 1.06. The number of carbonyl (C=O) groups excluding carboxylic acids is 1. The largest absolute Gasteiger partial charge is 0.339 e. The van der Waals surface area contributed by atoms with E-state index in [1.807, 2.05) is 0 Å². The molecule has 0 aliphatic carbocycles. The summed E-state index contributed by atoms with van der Waals surface area (Å²) in [6, 6.07) is 4.17. The summed E-state index contributed by atoms with van der Waals surface area (Å²) >= 11 is 0. The Hall–Kier alpha value is -3.16. The molecule has 2 N–H and O–H groups in total. The molecule has 0 aliphatic heterocycles. The van der Waals surface area contributed by atoms with Crippen LogP contribution >= 0.6 is 0 Å². The smallest absolute Gasteiger partial charge is 0.205 e. The highest BCUT2D eigenvalue weighted by atomic mass is 19.1. The van der Waals surface area contributed by atoms with Crippen LogP contribution in [0.2, 0.25) is 0 Å². The van der Waals surface area contributed by atoms with Crippen molar-refractivity contribution < 1.29 is 22.4 Å². The molecule has 4 nitrogen and oxygen atoms in total. The maximum atomic E-state index is 14.0. The minimum Gasteiger partial charge on any atom is -0.339 e. The monoisotopic (exact) mass is 350 g/mol. The topological polar surface area (TPSA) is 62.0 Å². The lowest BCUT2D eigenvalue weighted by atomic mass is 10.1. The Morgan fingerprint density at radius 1 is 1.00 bits per heavy atom. The normalized spacial score (nSPS) is 10.9. The predicted octanol–water partition coefficient (Wildman–Crippen LogP) is 4.03. The number of H-pyrrole nitrogens is 1. The van der Waals surface area contributed by atoms with Gasteiger partial charge >= 0.3 is 0 Å². The number of halogens is 4. The number of Topliss-reactive ketones (excluding diaryl/α,β-unsaturated/α-hetero) is 1. The first kappa shape index (κ1) is 16.7. The van der Waals surface area contributed by atoms with Gasteiger partial charge in [0.2, 0.25) is 5.43 Å². The lowest BCUT2D eigenvalue weighted by molar-refractivity contribution is 0.101. The molecule has 3 rings (SSSR count). The molecule has 8 heteroatoms. The first-order chi connectivity index (χ1) is 11.8. The third-order valence-corrected chi connectivity index (χ3v) is 3.60. The zero-order chi connectivity index (χ0) is 18.3. The van der Waals surface area contributed by atoms with Crippen molar-refractivity contribution in [1.82, 2.24) is 4.98 Å². The van der Waals surface area contributed by atoms with Gasteiger partial charge in [0.1, 0.15) is 34.7 Å². The average Bonchev–Trinajstić information content (AvgIpc) is 2.53. The molecule has 0 unspecified atom stereocenters. The molecule has 3 aromatic rings. The van der Waals surface area contributed by atoms with E-state index in [4.69, 9.17) is 0 Å². The third-order valence-electron chi connectivity index (χ3n) is 3.60. The molecular formula is C17H10F4N2O2. The Morgan fingerprint density at radius 2 is 1.68 bits per heavy atom. The van der Waals surface area contributed by atoms with Gasteiger partial charge in [-0.25, -0.2) is 17.6 Å². The zero-order valence-electron chi connectivity index (χ0n) is 12.7. The van der Waals surface area contributed by atoms with Crippen LogP contribution in [0.25, 0.3) is 10.9 Å². The van der Waals surface area contributed by atoms with E-state index in [2.05, 4.69) is 10.3 Å². The molecule has 0 bridgehead atoms. The van der Waals surface area contributed by atoms with Gasteiger partial charge < -0.3 is 10.3 Å². The minimum absolute atomic E-state index is 0.254. The zero-order valence-corrected chi connectivity index (χ0v) is 12.7. The molecule has 0 amide bonds. The van der Waals surface area contributed by atoms with E-state index in [-0.39, 0.29) is 11.5 Å². The second kappa shape index (κ2) is 6.04. The van der Waals surface area contributed by atoms with Gasteiger partial charge in [0.05, 0.1) is 16.6 Å². The summed E-state index contributed by atoms with van der Waals surface area (Å²) in [5.74, 6) is -4.80. The standard InChI is InChI=1S/C17H10F4N2O2/c1-7(24)13-16(25)14-9(19)3-4-10(20)15(14)23-17(13)22-12-5-2-8(18)6-11(12)21/h2-6H,1H3,(H2,22,23,25). The van der Waals surface area contributed by atoms with Gasteiger partial charge in [0.15, 0.2) is 5.78 Å². The Balaban J connectivity index is 2.30. The second-order valence-corrected chi connectivity index (χ2v) is 5.29. The third kappa shape index (κ3) is 2.86. The number of rotatable bonds is 3. The summed E-state index contributed by atoms with van der Waals surface area (Å²) in [5.41, 5.74) is -2.26. The average molecular weight is 350 g/mol. The number of ketones is 1. The molecule has 0 spiro atoms. The van der Waals surface area contributed by atoms with E-state index in [0.29, 0.717) is 6.07 Å². The molecule has 0 saturated carbocycles. The van der Waals surface area contributed by atoms with Crippen LogP contribution in [0.3, 0.4) is 0 Å². The lowest BCUT2D eigenvalue weighted by Crippen LogP contribution is -2.19. The van der Waals surface area contributed by atoms with Crippen LogP contribution in [0.15, 0.2) is 35.1 Å².